The van der Waals surface area contributed by atoms with Gasteiger partial charge >= 0.3 is 6.18 Å². The van der Waals surface area contributed by atoms with Gasteiger partial charge in [0.05, 0.1) is 12.6 Å². The van der Waals surface area contributed by atoms with Crippen LogP contribution >= 0.6 is 0 Å². The topological polar surface area (TPSA) is 52.6 Å². The lowest BCUT2D eigenvalue weighted by atomic mass is 9.89. The normalized spacial score (nSPS) is 25.2. The Morgan fingerprint density at radius 3 is 2.43 bits per heavy atom. The van der Waals surface area contributed by atoms with Crippen molar-refractivity contribution < 1.29 is 23.1 Å². The molecule has 2 N–H and O–H groups in total. The lowest BCUT2D eigenvalue weighted by Crippen LogP contribution is -2.54. The minimum Gasteiger partial charge on any atom is -0.393 e. The summed E-state index contributed by atoms with van der Waals surface area (Å²) < 4.78 is 36.9. The van der Waals surface area contributed by atoms with Crippen molar-refractivity contribution in [1.82, 2.24) is 10.2 Å². The maximum atomic E-state index is 12.3. The number of amides is 1. The molecule has 1 fully saturated rings. The largest absolute Gasteiger partial charge is 0.401 e. The predicted molar refractivity (Wildman–Crippen MR) is 73.7 cm³/mol. The lowest BCUT2D eigenvalue weighted by Gasteiger charge is -2.39. The molecule has 1 amide bonds. The van der Waals surface area contributed by atoms with E-state index in [1.54, 1.807) is 11.8 Å². The molecule has 1 aliphatic heterocycles. The molecule has 21 heavy (non-hydrogen) atoms. The first-order valence-corrected chi connectivity index (χ1v) is 7.34. The lowest BCUT2D eigenvalue weighted by molar-refractivity contribution is -0.137. The molecular formula is C14H25F3N2O2. The number of nitrogens with one attached hydrogen (secondary N) is 1. The Morgan fingerprint density at radius 2 is 1.95 bits per heavy atom. The number of hydrogen-bond donors (Lipinski definition) is 2. The van der Waals surface area contributed by atoms with Crippen molar-refractivity contribution in [3.05, 3.63) is 0 Å². The van der Waals surface area contributed by atoms with Crippen LogP contribution in [0.4, 0.5) is 13.2 Å². The van der Waals surface area contributed by atoms with Gasteiger partial charge in [-0.15, -0.1) is 0 Å². The monoisotopic (exact) mass is 310 g/mol. The number of aliphatic hydroxyl groups is 1. The van der Waals surface area contributed by atoms with Gasteiger partial charge in [-0.3, -0.25) is 4.79 Å². The second-order valence-corrected chi connectivity index (χ2v) is 6.33. The first kappa shape index (κ1) is 18.2. The molecule has 3 atom stereocenters. The maximum absolute atomic E-state index is 12.3. The number of halogens is 3. The molecule has 0 aliphatic carbocycles. The Kier molecular flexibility index (Phi) is 6.46. The average Bonchev–Trinajstić information content (AvgIpc) is 2.34. The van der Waals surface area contributed by atoms with Gasteiger partial charge in [0.2, 0.25) is 5.91 Å². The molecule has 1 saturated heterocycles. The van der Waals surface area contributed by atoms with Gasteiger partial charge in [0.1, 0.15) is 0 Å². The van der Waals surface area contributed by atoms with Crippen molar-refractivity contribution in [2.24, 2.45) is 11.8 Å². The predicted octanol–water partition coefficient (Wildman–Crippen LogP) is 1.78. The quantitative estimate of drug-likeness (QED) is 0.814. The van der Waals surface area contributed by atoms with Gasteiger partial charge in [-0.05, 0) is 19.3 Å². The Morgan fingerprint density at radius 1 is 1.33 bits per heavy atom. The fraction of sp³-hybridized carbons (Fsp3) is 0.929. The molecule has 3 unspecified atom stereocenters. The highest BCUT2D eigenvalue weighted by Gasteiger charge is 2.34. The number of aliphatic hydroxyl groups excluding tert-OH is 1. The molecule has 0 bridgehead atoms. The molecule has 0 aromatic heterocycles. The van der Waals surface area contributed by atoms with Gasteiger partial charge < -0.3 is 15.3 Å². The van der Waals surface area contributed by atoms with E-state index in [4.69, 9.17) is 0 Å². The number of carbonyl (C=O) groups excluding carboxylic acids is 1. The summed E-state index contributed by atoms with van der Waals surface area (Å²) in [5, 5.41) is 12.2. The van der Waals surface area contributed by atoms with Crippen LogP contribution in [0.3, 0.4) is 0 Å². The smallest absolute Gasteiger partial charge is 0.393 e. The van der Waals surface area contributed by atoms with Gasteiger partial charge in [-0.2, -0.15) is 13.2 Å². The molecule has 0 saturated carbocycles. The van der Waals surface area contributed by atoms with E-state index in [0.717, 1.165) is 0 Å². The zero-order chi connectivity index (χ0) is 16.2. The van der Waals surface area contributed by atoms with E-state index in [0.29, 0.717) is 19.4 Å². The number of rotatable bonds is 5. The molecule has 0 aromatic carbocycles. The van der Waals surface area contributed by atoms with E-state index in [2.05, 4.69) is 5.32 Å². The summed E-state index contributed by atoms with van der Waals surface area (Å²) in [6.45, 7) is 5.07. The fourth-order valence-corrected chi connectivity index (χ4v) is 2.58. The van der Waals surface area contributed by atoms with Gasteiger partial charge in [-0.1, -0.05) is 13.8 Å². The summed E-state index contributed by atoms with van der Waals surface area (Å²) >= 11 is 0. The first-order chi connectivity index (χ1) is 9.58. The number of hydrogen-bond acceptors (Lipinski definition) is 3. The van der Waals surface area contributed by atoms with Gasteiger partial charge in [-0.25, -0.2) is 0 Å². The number of piperidine rings is 1. The van der Waals surface area contributed by atoms with E-state index < -0.39 is 24.9 Å². The van der Waals surface area contributed by atoms with Crippen LogP contribution in [0.15, 0.2) is 0 Å². The Balaban J connectivity index is 2.66. The van der Waals surface area contributed by atoms with E-state index >= 15 is 0 Å². The second kappa shape index (κ2) is 7.45. The van der Waals surface area contributed by atoms with Gasteiger partial charge in [0.15, 0.2) is 0 Å². The third-order valence-electron chi connectivity index (χ3n) is 3.69. The van der Waals surface area contributed by atoms with Crippen LogP contribution in [-0.4, -0.2) is 53.9 Å². The zero-order valence-corrected chi connectivity index (χ0v) is 12.8. The minimum absolute atomic E-state index is 0.0610. The first-order valence-electron chi connectivity index (χ1n) is 7.34. The highest BCUT2D eigenvalue weighted by Crippen LogP contribution is 2.23. The molecule has 1 heterocycles. The summed E-state index contributed by atoms with van der Waals surface area (Å²) in [5.41, 5.74) is 0. The van der Waals surface area contributed by atoms with Crippen molar-refractivity contribution in [1.29, 1.82) is 0 Å². The number of carbonyl (C=O) groups is 1. The van der Waals surface area contributed by atoms with E-state index in [9.17, 15) is 23.1 Å². The average molecular weight is 310 g/mol. The Labute approximate surface area is 123 Å². The van der Waals surface area contributed by atoms with Crippen LogP contribution < -0.4 is 5.32 Å². The van der Waals surface area contributed by atoms with E-state index in [-0.39, 0.29) is 24.3 Å². The van der Waals surface area contributed by atoms with Crippen molar-refractivity contribution >= 4 is 5.91 Å². The van der Waals surface area contributed by atoms with Crippen LogP contribution in [0.25, 0.3) is 0 Å². The van der Waals surface area contributed by atoms with Gasteiger partial charge in [0, 0.05) is 31.5 Å². The second-order valence-electron chi connectivity index (χ2n) is 6.33. The fourth-order valence-electron chi connectivity index (χ4n) is 2.58. The highest BCUT2D eigenvalue weighted by atomic mass is 19.4. The van der Waals surface area contributed by atoms with Crippen LogP contribution in [-0.2, 0) is 4.79 Å². The Bertz CT molecular complexity index is 346. The molecule has 4 nitrogen and oxygen atoms in total. The third-order valence-corrected chi connectivity index (χ3v) is 3.69. The zero-order valence-electron chi connectivity index (χ0n) is 12.8. The molecule has 1 rings (SSSR count). The van der Waals surface area contributed by atoms with Crippen LogP contribution in [0.5, 0.6) is 0 Å². The van der Waals surface area contributed by atoms with Crippen LogP contribution in [0.2, 0.25) is 0 Å². The number of likely N-dealkylation sites (tertiary alicyclic amines) is 1. The summed E-state index contributed by atoms with van der Waals surface area (Å²) in [7, 11) is 0. The Hall–Kier alpha value is -0.820. The van der Waals surface area contributed by atoms with Crippen molar-refractivity contribution in [2.75, 3.05) is 19.6 Å². The minimum atomic E-state index is -4.27. The van der Waals surface area contributed by atoms with Crippen LogP contribution in [0.1, 0.15) is 33.6 Å². The van der Waals surface area contributed by atoms with Gasteiger partial charge in [0.25, 0.3) is 0 Å². The van der Waals surface area contributed by atoms with Crippen molar-refractivity contribution in [2.45, 2.75) is 51.9 Å². The van der Waals surface area contributed by atoms with Crippen molar-refractivity contribution in [3.63, 3.8) is 0 Å². The van der Waals surface area contributed by atoms with E-state index in [1.807, 2.05) is 13.8 Å². The van der Waals surface area contributed by atoms with E-state index in [1.165, 1.54) is 0 Å². The molecule has 0 aromatic rings. The maximum Gasteiger partial charge on any atom is 0.401 e. The SMILES string of the molecule is CC(C)CC(=O)N1CC(NCC(F)(F)F)CC(C(C)O)C1. The highest BCUT2D eigenvalue weighted by molar-refractivity contribution is 5.76. The molecule has 7 heteroatoms. The standard InChI is InChI=1S/C14H25F3N2O2/c1-9(2)4-13(21)19-6-11(10(3)20)5-12(7-19)18-8-14(15,16)17/h9-12,18,20H,4-8H2,1-3H3. The van der Waals surface area contributed by atoms with Crippen molar-refractivity contribution in [3.8, 4) is 0 Å². The molecule has 0 spiro atoms. The molecule has 124 valence electrons. The van der Waals surface area contributed by atoms with Crippen LogP contribution in [0, 0.1) is 11.8 Å². The molecule has 1 aliphatic rings. The summed E-state index contributed by atoms with van der Waals surface area (Å²) in [6, 6.07) is -0.434. The summed E-state index contributed by atoms with van der Waals surface area (Å²) in [6.07, 6.45) is -4.10. The summed E-state index contributed by atoms with van der Waals surface area (Å²) in [4.78, 5) is 13.7. The molecule has 0 radical (unpaired) electrons. The summed E-state index contributed by atoms with van der Waals surface area (Å²) in [5.74, 6) is -0.0548. The number of alkyl halides is 3. The number of nitrogens with zero attached hydrogens (tertiary/aromatic N) is 1. The third kappa shape index (κ3) is 6.65. The molecular weight excluding hydrogens is 285 g/mol.